The number of aromatic amines is 1. The Morgan fingerprint density at radius 3 is 0.947 bits per heavy atom. The summed E-state index contributed by atoms with van der Waals surface area (Å²) in [5, 5.41) is 15.3. The van der Waals surface area contributed by atoms with Crippen LogP contribution in [0, 0.1) is 0 Å². The van der Waals surface area contributed by atoms with E-state index in [0.29, 0.717) is 0 Å². The summed E-state index contributed by atoms with van der Waals surface area (Å²) in [6.45, 7) is 19.2. The second kappa shape index (κ2) is 20.8. The van der Waals surface area contributed by atoms with Crippen LogP contribution in [0.1, 0.15) is 99.9 Å². The van der Waals surface area contributed by atoms with E-state index in [-0.39, 0.29) is 21.7 Å². The summed E-state index contributed by atoms with van der Waals surface area (Å²) in [5.74, 6) is 0. The molecule has 0 saturated carbocycles. The van der Waals surface area contributed by atoms with Gasteiger partial charge in [-0.05, 0) is 149 Å². The number of hydrogen-bond donors (Lipinski definition) is 1. The van der Waals surface area contributed by atoms with E-state index in [1.807, 2.05) is 0 Å². The first-order valence-corrected chi connectivity index (χ1v) is 34.4. The Bertz CT molecular complexity index is 5660. The number of hydrogen-bond acceptors (Lipinski definition) is 0. The van der Waals surface area contributed by atoms with Gasteiger partial charge in [0, 0.05) is 59.2 Å². The highest BCUT2D eigenvalue weighted by molar-refractivity contribution is 9.10. The van der Waals surface area contributed by atoms with Gasteiger partial charge in [-0.1, -0.05) is 322 Å². The molecule has 0 fully saturated rings. The van der Waals surface area contributed by atoms with Gasteiger partial charge in [-0.15, -0.1) is 0 Å². The molecule has 2 nitrogen and oxygen atoms in total. The van der Waals surface area contributed by atoms with Crippen molar-refractivity contribution in [3.8, 4) is 73.0 Å². The van der Waals surface area contributed by atoms with Crippen LogP contribution in [0.25, 0.3) is 138 Å². The molecule has 0 aliphatic heterocycles. The maximum absolute atomic E-state index is 3.83. The Labute approximate surface area is 564 Å². The van der Waals surface area contributed by atoms with Crippen LogP contribution in [0.15, 0.2) is 284 Å². The zero-order valence-electron chi connectivity index (χ0n) is 54.9. The van der Waals surface area contributed by atoms with Gasteiger partial charge in [0.1, 0.15) is 0 Å². The van der Waals surface area contributed by atoms with E-state index in [1.165, 1.54) is 187 Å². The minimum atomic E-state index is -0.128. The lowest BCUT2D eigenvalue weighted by atomic mass is 9.74. The van der Waals surface area contributed by atoms with Gasteiger partial charge in [0.25, 0.3) is 0 Å². The molecule has 1 N–H and O–H groups in total. The minimum absolute atomic E-state index is 0.0509. The molecular formula is C92H71BrN2. The van der Waals surface area contributed by atoms with E-state index in [2.05, 4.69) is 360 Å². The third-order valence-electron chi connectivity index (χ3n) is 22.2. The van der Waals surface area contributed by atoms with Crippen LogP contribution >= 0.6 is 15.9 Å². The predicted molar refractivity (Wildman–Crippen MR) is 407 cm³/mol. The van der Waals surface area contributed by atoms with Crippen molar-refractivity contribution < 1.29 is 0 Å². The topological polar surface area (TPSA) is 20.7 Å². The molecule has 0 radical (unpaired) electrons. The smallest absolute Gasteiger partial charge is 0.0619 e. The molecular weight excluding hydrogens is 1210 g/mol. The quantitative estimate of drug-likeness (QED) is 0.170. The summed E-state index contributed by atoms with van der Waals surface area (Å²) in [6, 6.07) is 102. The van der Waals surface area contributed by atoms with Gasteiger partial charge in [-0.3, -0.25) is 0 Å². The van der Waals surface area contributed by atoms with Gasteiger partial charge in [0.2, 0.25) is 0 Å². The number of halogens is 1. The fourth-order valence-electron chi connectivity index (χ4n) is 17.9. The van der Waals surface area contributed by atoms with E-state index in [0.717, 1.165) is 0 Å². The number of nitrogens with one attached hydrogen (secondary N) is 1. The Morgan fingerprint density at radius 2 is 0.558 bits per heavy atom. The van der Waals surface area contributed by atoms with Crippen molar-refractivity contribution in [3.05, 3.63) is 328 Å². The molecule has 2 aromatic heterocycles. The second-order valence-corrected chi connectivity index (χ2v) is 29.6. The molecule has 4 aliphatic carbocycles. The number of aromatic nitrogens is 2. The lowest BCUT2D eigenvalue weighted by molar-refractivity contribution is 0.603. The van der Waals surface area contributed by atoms with Crippen molar-refractivity contribution in [1.82, 2.24) is 9.55 Å². The number of H-pyrrole nitrogens is 1. The molecule has 14 aromatic carbocycles. The standard InChI is InChI=1S/C46H35N.C24H15Br.C22H21N/c1-45(2)37-23-13-11-21-35(37)43-40(45)41-44(36-22-12-14-24-38(36)46(41,3)4)47(43)42-33-19-9-7-17-31(33)39(32-18-8-10-20-34(32)42)30-26-25-28-15-5-6-16-29(28)27-30;25-24-21-11-5-3-9-19(21)23(20-10-4-6-12-22(20)24)18-14-13-16-7-1-2-8-17(16)15-18;1-21(2)15-11-7-5-9-13(15)19-17(21)18-20(23-19)14-10-6-8-12-16(14)22(18,3)4/h5-27H,1-4H3;1-15H;5-12,23H,1-4H3. The summed E-state index contributed by atoms with van der Waals surface area (Å²) < 4.78 is 3.85. The highest BCUT2D eigenvalue weighted by atomic mass is 79.9. The van der Waals surface area contributed by atoms with Crippen LogP contribution in [0.5, 0.6) is 0 Å². The first-order chi connectivity index (χ1) is 46.1. The number of benzene rings is 14. The lowest BCUT2D eigenvalue weighted by Gasteiger charge is -2.28. The number of fused-ring (bicyclic) bond motifs is 20. The third-order valence-corrected chi connectivity index (χ3v) is 23.0. The van der Waals surface area contributed by atoms with Gasteiger partial charge in [-0.25, -0.2) is 0 Å². The van der Waals surface area contributed by atoms with Crippen LogP contribution in [-0.2, 0) is 21.7 Å². The van der Waals surface area contributed by atoms with Crippen molar-refractivity contribution in [1.29, 1.82) is 0 Å². The highest BCUT2D eigenvalue weighted by Crippen LogP contribution is 2.64. The normalized spacial score (nSPS) is 14.9. The molecule has 0 saturated heterocycles. The van der Waals surface area contributed by atoms with Crippen LogP contribution in [0.2, 0.25) is 0 Å². The van der Waals surface area contributed by atoms with Crippen LogP contribution < -0.4 is 0 Å². The van der Waals surface area contributed by atoms with E-state index >= 15 is 0 Å². The number of nitrogens with zero attached hydrogens (tertiary/aromatic N) is 1. The first-order valence-electron chi connectivity index (χ1n) is 33.6. The molecule has 3 heteroatoms. The molecule has 0 spiro atoms. The SMILES string of the molecule is Brc1c2ccccc2c(-c2ccc3ccccc3c2)c2ccccc12.CC1(C)c2ccccc2-c2[nH]c3c(c21)C(C)(C)c1ccccc1-3.CC1(C)c2ccccc2-c2c1c1c(n2-c2c3ccccc3c(-c3ccc4ccccc4c3)c3ccccc23)-c2ccccc2C1(C)C. The Balaban J connectivity index is 0.000000115. The zero-order valence-corrected chi connectivity index (χ0v) is 56.5. The molecule has 456 valence electrons. The van der Waals surface area contributed by atoms with Gasteiger partial charge >= 0.3 is 0 Å². The zero-order chi connectivity index (χ0) is 64.4. The van der Waals surface area contributed by atoms with E-state index < -0.39 is 0 Å². The molecule has 0 bridgehead atoms. The molecule has 0 amide bonds. The highest BCUT2D eigenvalue weighted by Gasteiger charge is 2.51. The molecule has 95 heavy (non-hydrogen) atoms. The van der Waals surface area contributed by atoms with Crippen LogP contribution in [0.3, 0.4) is 0 Å². The van der Waals surface area contributed by atoms with Crippen LogP contribution in [0.4, 0.5) is 0 Å². The first kappa shape index (κ1) is 57.4. The molecule has 20 rings (SSSR count). The van der Waals surface area contributed by atoms with Crippen molar-refractivity contribution in [2.24, 2.45) is 0 Å². The predicted octanol–water partition coefficient (Wildman–Crippen LogP) is 25.4. The third kappa shape index (κ3) is 8.15. The average molecular weight is 1280 g/mol. The number of rotatable bonds is 3. The van der Waals surface area contributed by atoms with Crippen molar-refractivity contribution in [2.45, 2.75) is 77.0 Å². The molecule has 2 heterocycles. The van der Waals surface area contributed by atoms with E-state index in [4.69, 9.17) is 0 Å². The Kier molecular flexibility index (Phi) is 12.6. The average Bonchev–Trinajstić information content (AvgIpc) is 1.51. The largest absolute Gasteiger partial charge is 0.354 e. The molecule has 0 atom stereocenters. The summed E-state index contributed by atoms with van der Waals surface area (Å²) in [6.07, 6.45) is 0. The maximum Gasteiger partial charge on any atom is 0.0619 e. The Hall–Kier alpha value is -10.3. The van der Waals surface area contributed by atoms with E-state index in [1.54, 1.807) is 0 Å². The van der Waals surface area contributed by atoms with Gasteiger partial charge < -0.3 is 9.55 Å². The maximum atomic E-state index is 3.83. The van der Waals surface area contributed by atoms with Crippen molar-refractivity contribution in [3.63, 3.8) is 0 Å². The fourth-order valence-corrected chi connectivity index (χ4v) is 18.6. The van der Waals surface area contributed by atoms with Crippen molar-refractivity contribution in [2.75, 3.05) is 0 Å². The summed E-state index contributed by atoms with van der Waals surface area (Å²) in [7, 11) is 0. The second-order valence-electron chi connectivity index (χ2n) is 28.8. The van der Waals surface area contributed by atoms with E-state index in [9.17, 15) is 0 Å². The summed E-state index contributed by atoms with van der Waals surface area (Å²) >= 11 is 3.83. The Morgan fingerprint density at radius 1 is 0.274 bits per heavy atom. The fraction of sp³-hybridized carbons (Fsp3) is 0.130. The van der Waals surface area contributed by atoms with Gasteiger partial charge in [0.05, 0.1) is 28.5 Å². The summed E-state index contributed by atoms with van der Waals surface area (Å²) in [4.78, 5) is 3.80. The monoisotopic (exact) mass is 1280 g/mol. The lowest BCUT2D eigenvalue weighted by Crippen LogP contribution is -2.23. The van der Waals surface area contributed by atoms with Crippen LogP contribution in [-0.4, -0.2) is 9.55 Å². The summed E-state index contributed by atoms with van der Waals surface area (Å²) in [5.41, 5.74) is 28.7. The van der Waals surface area contributed by atoms with Gasteiger partial charge in [0.15, 0.2) is 0 Å². The molecule has 16 aromatic rings. The molecule has 0 unspecified atom stereocenters. The van der Waals surface area contributed by atoms with Crippen molar-refractivity contribution >= 4 is 80.6 Å². The van der Waals surface area contributed by atoms with Gasteiger partial charge in [-0.2, -0.15) is 0 Å². The minimum Gasteiger partial charge on any atom is -0.354 e. The molecule has 4 aliphatic rings.